The van der Waals surface area contributed by atoms with Crippen LogP contribution in [0, 0.1) is 0 Å². The van der Waals surface area contributed by atoms with E-state index in [1.54, 1.807) is 30.5 Å². The molecule has 0 aliphatic heterocycles. The molecule has 0 bridgehead atoms. The van der Waals surface area contributed by atoms with Crippen molar-refractivity contribution in [2.45, 2.75) is 11.8 Å². The van der Waals surface area contributed by atoms with E-state index in [0.717, 1.165) is 4.90 Å². The number of ether oxygens (including phenoxy) is 1. The first-order chi connectivity index (χ1) is 10.8. The smallest absolute Gasteiger partial charge is 0.297 e. The van der Waals surface area contributed by atoms with Crippen LogP contribution < -0.4 is 0 Å². The van der Waals surface area contributed by atoms with Crippen molar-refractivity contribution < 1.29 is 14.1 Å². The highest BCUT2D eigenvalue weighted by Crippen LogP contribution is 2.63. The molecule has 5 nitrogen and oxygen atoms in total. The molecule has 1 unspecified atom stereocenters. The number of hydrogen-bond donors (Lipinski definition) is 0. The molecular formula is C14H22ClN2O3PS2. The number of thioether (sulfide) groups is 1. The average molecular weight is 397 g/mol. The number of hydrogen-bond acceptors (Lipinski definition) is 5. The minimum Gasteiger partial charge on any atom is -0.375 e. The van der Waals surface area contributed by atoms with Crippen LogP contribution in [0.1, 0.15) is 6.92 Å². The fraction of sp³-hybridized carbons (Fsp3) is 0.500. The van der Waals surface area contributed by atoms with Gasteiger partial charge in [0, 0.05) is 29.8 Å². The first kappa shape index (κ1) is 20.9. The highest BCUT2D eigenvalue weighted by Gasteiger charge is 2.36. The number of carbonyl (C=O) groups excluding carboxylic acids is 1. The second-order valence-corrected chi connectivity index (χ2v) is 11.4. The van der Waals surface area contributed by atoms with Crippen LogP contribution in [-0.2, 0) is 14.1 Å². The van der Waals surface area contributed by atoms with Crippen LogP contribution in [0.3, 0.4) is 0 Å². The van der Waals surface area contributed by atoms with Crippen LogP contribution in [0.5, 0.6) is 0 Å². The first-order valence-electron chi connectivity index (χ1n) is 6.95. The molecule has 1 rings (SSSR count). The molecular weight excluding hydrogens is 375 g/mol. The average Bonchev–Trinajstić information content (AvgIpc) is 2.53. The Morgan fingerprint density at radius 1 is 1.30 bits per heavy atom. The number of benzene rings is 1. The number of rotatable bonds is 9. The molecule has 0 aliphatic rings. The van der Waals surface area contributed by atoms with Gasteiger partial charge in [-0.2, -0.15) is 0 Å². The van der Waals surface area contributed by atoms with Crippen molar-refractivity contribution in [2.24, 2.45) is 0 Å². The molecule has 0 radical (unpaired) electrons. The van der Waals surface area contributed by atoms with Crippen LogP contribution in [0.2, 0.25) is 5.02 Å². The number of likely N-dealkylation sites (N-methyl/N-ethyl adjacent to an activating group) is 1. The summed E-state index contributed by atoms with van der Waals surface area (Å²) in [5, 5.41) is 0.680. The van der Waals surface area contributed by atoms with Crippen molar-refractivity contribution >= 4 is 47.3 Å². The van der Waals surface area contributed by atoms with Crippen LogP contribution in [0.15, 0.2) is 29.2 Å². The third-order valence-electron chi connectivity index (χ3n) is 2.97. The predicted octanol–water partition coefficient (Wildman–Crippen LogP) is 4.29. The van der Waals surface area contributed by atoms with Crippen molar-refractivity contribution in [3.63, 3.8) is 0 Å². The summed E-state index contributed by atoms with van der Waals surface area (Å²) in [7, 11) is 4.78. The summed E-state index contributed by atoms with van der Waals surface area (Å²) in [6.07, 6.45) is 0. The minimum atomic E-state index is -3.03. The van der Waals surface area contributed by atoms with Crippen LogP contribution in [0.4, 0.5) is 0 Å². The number of carbonyl (C=O) groups is 1. The second-order valence-electron chi connectivity index (χ2n) is 4.64. The topological polar surface area (TPSA) is 49.9 Å². The molecule has 0 N–H and O–H groups in total. The molecule has 0 heterocycles. The summed E-state index contributed by atoms with van der Waals surface area (Å²) in [5.41, 5.74) is 0. The normalized spacial score (nSPS) is 13.8. The lowest BCUT2D eigenvalue weighted by Crippen LogP contribution is -2.32. The zero-order valence-corrected chi connectivity index (χ0v) is 17.0. The number of methoxy groups -OCH3 is 1. The molecule has 0 saturated heterocycles. The fourth-order valence-corrected chi connectivity index (χ4v) is 7.58. The predicted molar refractivity (Wildman–Crippen MR) is 100 cm³/mol. The van der Waals surface area contributed by atoms with Crippen LogP contribution >= 0.6 is 41.4 Å². The molecule has 0 spiro atoms. The Hall–Kier alpha value is -0.170. The molecule has 9 heteroatoms. The van der Waals surface area contributed by atoms with E-state index in [2.05, 4.69) is 0 Å². The maximum Gasteiger partial charge on any atom is 0.297 e. The highest BCUT2D eigenvalue weighted by atomic mass is 35.5. The van der Waals surface area contributed by atoms with Gasteiger partial charge in [-0.3, -0.25) is 14.0 Å². The van der Waals surface area contributed by atoms with Gasteiger partial charge in [-0.15, -0.1) is 11.8 Å². The van der Waals surface area contributed by atoms with Crippen molar-refractivity contribution in [2.75, 3.05) is 39.4 Å². The molecule has 0 fully saturated rings. The van der Waals surface area contributed by atoms with Gasteiger partial charge in [0.1, 0.15) is 6.61 Å². The Labute approximate surface area is 151 Å². The summed E-state index contributed by atoms with van der Waals surface area (Å²) >= 11 is 8.70. The van der Waals surface area contributed by atoms with E-state index in [4.69, 9.17) is 16.3 Å². The van der Waals surface area contributed by atoms with E-state index in [0.29, 0.717) is 16.7 Å². The van der Waals surface area contributed by atoms with Gasteiger partial charge in [-0.25, -0.2) is 4.67 Å². The Balaban J connectivity index is 2.80. The zero-order chi connectivity index (χ0) is 17.5. The van der Waals surface area contributed by atoms with Crippen molar-refractivity contribution in [3.8, 4) is 0 Å². The van der Waals surface area contributed by atoms with E-state index in [-0.39, 0.29) is 12.5 Å². The van der Waals surface area contributed by atoms with Gasteiger partial charge in [-0.05, 0) is 31.3 Å². The van der Waals surface area contributed by atoms with Crippen molar-refractivity contribution in [1.29, 1.82) is 0 Å². The molecule has 130 valence electrons. The van der Waals surface area contributed by atoms with E-state index in [1.807, 2.05) is 31.2 Å². The van der Waals surface area contributed by atoms with E-state index in [1.165, 1.54) is 23.2 Å². The molecule has 0 aromatic heterocycles. The maximum absolute atomic E-state index is 13.3. The van der Waals surface area contributed by atoms with Gasteiger partial charge >= 0.3 is 0 Å². The first-order valence-corrected chi connectivity index (χ1v) is 11.5. The molecule has 1 aromatic carbocycles. The van der Waals surface area contributed by atoms with Gasteiger partial charge in [0.25, 0.3) is 12.6 Å². The summed E-state index contributed by atoms with van der Waals surface area (Å²) < 4.78 is 21.2. The number of halogens is 1. The van der Waals surface area contributed by atoms with E-state index in [9.17, 15) is 9.36 Å². The molecule has 0 aliphatic carbocycles. The van der Waals surface area contributed by atoms with Crippen molar-refractivity contribution in [1.82, 2.24) is 9.34 Å². The van der Waals surface area contributed by atoms with Gasteiger partial charge in [0.05, 0.1) is 5.88 Å². The Morgan fingerprint density at radius 2 is 1.91 bits per heavy atom. The molecule has 23 heavy (non-hydrogen) atoms. The Kier molecular flexibility index (Phi) is 9.04. The second kappa shape index (κ2) is 9.97. The highest BCUT2D eigenvalue weighted by molar-refractivity contribution is 8.56. The van der Waals surface area contributed by atoms with Gasteiger partial charge in [0.2, 0.25) is 0 Å². The third-order valence-corrected chi connectivity index (χ3v) is 10.5. The zero-order valence-electron chi connectivity index (χ0n) is 13.7. The number of nitrogens with zero attached hydrogens (tertiary/aromatic N) is 2. The summed E-state index contributed by atoms with van der Waals surface area (Å²) in [6.45, 7) is -1.18. The summed E-state index contributed by atoms with van der Waals surface area (Å²) in [4.78, 5) is 13.1. The largest absolute Gasteiger partial charge is 0.375 e. The Morgan fingerprint density at radius 3 is 2.43 bits per heavy atom. The van der Waals surface area contributed by atoms with Crippen molar-refractivity contribution in [3.05, 3.63) is 29.3 Å². The fourth-order valence-electron chi connectivity index (χ4n) is 1.71. The van der Waals surface area contributed by atoms with Gasteiger partial charge < -0.3 is 4.74 Å². The van der Waals surface area contributed by atoms with Crippen LogP contribution in [-0.4, -0.2) is 54.7 Å². The SMILES string of the molecule is CCSP(=O)(N(C)CSc1ccc(Cl)cc1)N(C)C(=O)COC. The lowest BCUT2D eigenvalue weighted by molar-refractivity contribution is -0.129. The third kappa shape index (κ3) is 6.00. The quantitative estimate of drug-likeness (QED) is 0.352. The summed E-state index contributed by atoms with van der Waals surface area (Å²) in [6, 6.07) is 7.47. The summed E-state index contributed by atoms with van der Waals surface area (Å²) in [5.74, 6) is 0.856. The molecule has 1 aromatic rings. The molecule has 0 saturated carbocycles. The van der Waals surface area contributed by atoms with E-state index < -0.39 is 6.65 Å². The van der Waals surface area contributed by atoms with E-state index >= 15 is 0 Å². The Bertz CT molecular complexity index is 559. The number of amides is 1. The molecule has 1 amide bonds. The maximum atomic E-state index is 13.3. The lowest BCUT2D eigenvalue weighted by Gasteiger charge is -2.33. The lowest BCUT2D eigenvalue weighted by atomic mass is 10.4. The van der Waals surface area contributed by atoms with Gasteiger partial charge in [-0.1, -0.05) is 29.9 Å². The minimum absolute atomic E-state index is 0.0804. The standard InChI is InChI=1S/C14H22ClN2O3PS2/c1-5-23-21(19,17(3)14(18)10-20-4)16(2)11-22-13-8-6-12(15)7-9-13/h6-9H,5,10-11H2,1-4H3. The molecule has 1 atom stereocenters. The monoisotopic (exact) mass is 396 g/mol. The van der Waals surface area contributed by atoms with Gasteiger partial charge in [0.15, 0.2) is 0 Å². The van der Waals surface area contributed by atoms with Crippen LogP contribution in [0.25, 0.3) is 0 Å².